The number of hydrogen-bond donors (Lipinski definition) is 0. The fourth-order valence-electron chi connectivity index (χ4n) is 2.54. The van der Waals surface area contributed by atoms with Crippen molar-refractivity contribution in [3.8, 4) is 11.5 Å². The van der Waals surface area contributed by atoms with Crippen molar-refractivity contribution < 1.29 is 9.47 Å². The van der Waals surface area contributed by atoms with Crippen molar-refractivity contribution in [3.63, 3.8) is 0 Å². The Kier molecular flexibility index (Phi) is 4.20. The highest BCUT2D eigenvalue weighted by Crippen LogP contribution is 2.35. The topological polar surface area (TPSA) is 18.5 Å². The van der Waals surface area contributed by atoms with Crippen molar-refractivity contribution in [2.45, 2.75) is 31.2 Å². The Balaban J connectivity index is 1.79. The largest absolute Gasteiger partial charge is 0.493 e. The lowest BCUT2D eigenvalue weighted by atomic mass is 10.0. The Hall–Kier alpha value is -1.48. The van der Waals surface area contributed by atoms with E-state index in [9.17, 15) is 0 Å². The summed E-state index contributed by atoms with van der Waals surface area (Å²) in [7, 11) is 0. The summed E-state index contributed by atoms with van der Waals surface area (Å²) in [5.41, 5.74) is 3.79. The first kappa shape index (κ1) is 14.5. The Bertz CT molecular complexity index is 620. The molecule has 0 aliphatic carbocycles. The third kappa shape index (κ3) is 3.24. The number of rotatable bonds is 4. The van der Waals surface area contributed by atoms with Gasteiger partial charge in [0.05, 0.1) is 17.5 Å². The van der Waals surface area contributed by atoms with E-state index in [1.165, 1.54) is 16.7 Å². The monoisotopic (exact) mass is 346 g/mol. The molecule has 1 aliphatic heterocycles. The molecule has 1 heterocycles. The quantitative estimate of drug-likeness (QED) is 0.733. The highest BCUT2D eigenvalue weighted by atomic mass is 79.9. The standard InChI is InChI=1S/C18H19BrO2/c1-12(2)21-16-6-3-13(4-7-16)18(19)15-5-8-17-14(11-15)9-10-20-17/h3-8,11-12,18H,9-10H2,1-2H3. The molecule has 3 rings (SSSR count). The molecule has 0 aromatic heterocycles. The molecule has 0 amide bonds. The van der Waals surface area contributed by atoms with Gasteiger partial charge in [0, 0.05) is 6.42 Å². The van der Waals surface area contributed by atoms with E-state index in [0.717, 1.165) is 24.5 Å². The van der Waals surface area contributed by atoms with Crippen LogP contribution in [0.15, 0.2) is 42.5 Å². The van der Waals surface area contributed by atoms with Crippen molar-refractivity contribution in [2.75, 3.05) is 6.61 Å². The molecule has 1 unspecified atom stereocenters. The van der Waals surface area contributed by atoms with E-state index in [4.69, 9.17) is 9.47 Å². The van der Waals surface area contributed by atoms with Crippen LogP contribution in [0.5, 0.6) is 11.5 Å². The first-order valence-electron chi connectivity index (χ1n) is 7.30. The number of halogens is 1. The van der Waals surface area contributed by atoms with Gasteiger partial charge in [0.15, 0.2) is 0 Å². The number of fused-ring (bicyclic) bond motifs is 1. The van der Waals surface area contributed by atoms with Gasteiger partial charge >= 0.3 is 0 Å². The lowest BCUT2D eigenvalue weighted by molar-refractivity contribution is 0.242. The molecule has 0 N–H and O–H groups in total. The summed E-state index contributed by atoms with van der Waals surface area (Å²) in [5.74, 6) is 1.94. The molecule has 1 atom stereocenters. The van der Waals surface area contributed by atoms with Crippen LogP contribution in [0.1, 0.15) is 35.4 Å². The van der Waals surface area contributed by atoms with Crippen LogP contribution >= 0.6 is 15.9 Å². The van der Waals surface area contributed by atoms with Crippen LogP contribution in [-0.4, -0.2) is 12.7 Å². The second-order valence-electron chi connectivity index (χ2n) is 5.56. The number of benzene rings is 2. The van der Waals surface area contributed by atoms with Gasteiger partial charge in [-0.05, 0) is 48.7 Å². The second kappa shape index (κ2) is 6.10. The third-order valence-electron chi connectivity index (χ3n) is 3.55. The molecule has 0 radical (unpaired) electrons. The predicted octanol–water partition coefficient (Wildman–Crippen LogP) is 4.89. The summed E-state index contributed by atoms with van der Waals surface area (Å²) in [5, 5.41) is 0. The molecule has 21 heavy (non-hydrogen) atoms. The average Bonchev–Trinajstić information content (AvgIpc) is 2.94. The Morgan fingerprint density at radius 3 is 2.48 bits per heavy atom. The maximum absolute atomic E-state index is 5.68. The molecule has 2 aromatic rings. The van der Waals surface area contributed by atoms with Gasteiger partial charge in [-0.1, -0.05) is 40.2 Å². The molecular formula is C18H19BrO2. The number of hydrogen-bond acceptors (Lipinski definition) is 2. The van der Waals surface area contributed by atoms with Gasteiger partial charge in [-0.15, -0.1) is 0 Å². The van der Waals surface area contributed by atoms with Crippen LogP contribution in [-0.2, 0) is 6.42 Å². The highest BCUT2D eigenvalue weighted by Gasteiger charge is 2.16. The van der Waals surface area contributed by atoms with E-state index in [2.05, 4.69) is 46.3 Å². The third-order valence-corrected chi connectivity index (χ3v) is 4.61. The summed E-state index contributed by atoms with van der Waals surface area (Å²) in [4.78, 5) is 0.191. The molecule has 0 saturated heterocycles. The summed E-state index contributed by atoms with van der Waals surface area (Å²) < 4.78 is 11.2. The smallest absolute Gasteiger partial charge is 0.122 e. The summed E-state index contributed by atoms with van der Waals surface area (Å²) in [6.07, 6.45) is 1.21. The minimum atomic E-state index is 0.191. The van der Waals surface area contributed by atoms with Gasteiger partial charge < -0.3 is 9.47 Å². The van der Waals surface area contributed by atoms with Crippen LogP contribution in [0.4, 0.5) is 0 Å². The Labute approximate surface area is 134 Å². The Morgan fingerprint density at radius 2 is 1.76 bits per heavy atom. The SMILES string of the molecule is CC(C)Oc1ccc(C(Br)c2ccc3c(c2)CCO3)cc1. The Morgan fingerprint density at radius 1 is 1.05 bits per heavy atom. The molecular weight excluding hydrogens is 328 g/mol. The zero-order valence-corrected chi connectivity index (χ0v) is 13.9. The average molecular weight is 347 g/mol. The van der Waals surface area contributed by atoms with Crippen LogP contribution < -0.4 is 9.47 Å². The molecule has 2 aromatic carbocycles. The first-order valence-corrected chi connectivity index (χ1v) is 8.21. The minimum absolute atomic E-state index is 0.191. The maximum atomic E-state index is 5.68. The number of alkyl halides is 1. The molecule has 0 spiro atoms. The minimum Gasteiger partial charge on any atom is -0.493 e. The van der Waals surface area contributed by atoms with Gasteiger partial charge in [-0.2, -0.15) is 0 Å². The summed E-state index contributed by atoms with van der Waals surface area (Å²) in [6, 6.07) is 14.7. The van der Waals surface area contributed by atoms with Crippen molar-refractivity contribution in [1.29, 1.82) is 0 Å². The lowest BCUT2D eigenvalue weighted by Gasteiger charge is -2.14. The molecule has 2 nitrogen and oxygen atoms in total. The molecule has 1 aliphatic rings. The molecule has 0 fully saturated rings. The van der Waals surface area contributed by atoms with E-state index in [1.807, 2.05) is 26.0 Å². The van der Waals surface area contributed by atoms with Crippen molar-refractivity contribution in [3.05, 3.63) is 59.2 Å². The zero-order chi connectivity index (χ0) is 14.8. The predicted molar refractivity (Wildman–Crippen MR) is 88.6 cm³/mol. The molecule has 110 valence electrons. The molecule has 0 saturated carbocycles. The van der Waals surface area contributed by atoms with Crippen LogP contribution in [0.25, 0.3) is 0 Å². The van der Waals surface area contributed by atoms with Gasteiger partial charge in [0.25, 0.3) is 0 Å². The highest BCUT2D eigenvalue weighted by molar-refractivity contribution is 9.09. The molecule has 3 heteroatoms. The normalized spacial score (nSPS) is 14.7. The molecule has 0 bridgehead atoms. The maximum Gasteiger partial charge on any atom is 0.122 e. The first-order chi connectivity index (χ1) is 10.1. The van der Waals surface area contributed by atoms with Crippen LogP contribution in [0, 0.1) is 0 Å². The van der Waals surface area contributed by atoms with Crippen LogP contribution in [0.3, 0.4) is 0 Å². The van der Waals surface area contributed by atoms with Gasteiger partial charge in [0.2, 0.25) is 0 Å². The fraction of sp³-hybridized carbons (Fsp3) is 0.333. The van der Waals surface area contributed by atoms with E-state index in [-0.39, 0.29) is 10.9 Å². The van der Waals surface area contributed by atoms with Crippen molar-refractivity contribution in [2.24, 2.45) is 0 Å². The van der Waals surface area contributed by atoms with Crippen molar-refractivity contribution >= 4 is 15.9 Å². The second-order valence-corrected chi connectivity index (χ2v) is 6.48. The summed E-state index contributed by atoms with van der Waals surface area (Å²) >= 11 is 3.80. The van der Waals surface area contributed by atoms with Crippen LogP contribution in [0.2, 0.25) is 0 Å². The van der Waals surface area contributed by atoms with E-state index in [0.29, 0.717) is 0 Å². The van der Waals surface area contributed by atoms with Crippen molar-refractivity contribution in [1.82, 2.24) is 0 Å². The van der Waals surface area contributed by atoms with Gasteiger partial charge in [-0.3, -0.25) is 0 Å². The van der Waals surface area contributed by atoms with Gasteiger partial charge in [0.1, 0.15) is 11.5 Å². The fourth-order valence-corrected chi connectivity index (χ4v) is 3.13. The lowest BCUT2D eigenvalue weighted by Crippen LogP contribution is -2.05. The number of ether oxygens (including phenoxy) is 2. The van der Waals surface area contributed by atoms with E-state index < -0.39 is 0 Å². The van der Waals surface area contributed by atoms with E-state index in [1.54, 1.807) is 0 Å². The summed E-state index contributed by atoms with van der Waals surface area (Å²) in [6.45, 7) is 4.87. The van der Waals surface area contributed by atoms with E-state index >= 15 is 0 Å². The zero-order valence-electron chi connectivity index (χ0n) is 12.3. The van der Waals surface area contributed by atoms with Gasteiger partial charge in [-0.25, -0.2) is 0 Å².